The quantitative estimate of drug-likeness (QED) is 0.836. The molecule has 120 valence electrons. The number of nitrogens with one attached hydrogen (secondary N) is 1. The van der Waals surface area contributed by atoms with E-state index in [9.17, 15) is 4.79 Å². The van der Waals surface area contributed by atoms with E-state index >= 15 is 0 Å². The Kier molecular flexibility index (Phi) is 3.72. The average molecular weight is 311 g/mol. The number of fused-ring (bicyclic) bond motifs is 1. The molecular weight excluding hydrogens is 290 g/mol. The molecule has 2 heterocycles. The standard InChI is InChI=1S/C18H21N3O2/c1-11-13(5-4-8-20-11)17(22)21-15-10-18(2,3)23-16-7-6-12(19)9-14(15)16/h4-9,15H,10,19H2,1-3H3,(H,21,22). The van der Waals surface area contributed by atoms with E-state index in [1.807, 2.05) is 39.0 Å². The van der Waals surface area contributed by atoms with Gasteiger partial charge in [0.2, 0.25) is 0 Å². The van der Waals surface area contributed by atoms with Gasteiger partial charge in [0, 0.05) is 29.6 Å². The molecule has 1 aromatic carbocycles. The van der Waals surface area contributed by atoms with Crippen LogP contribution in [0.2, 0.25) is 0 Å². The molecule has 1 aliphatic heterocycles. The molecule has 0 fully saturated rings. The first-order chi connectivity index (χ1) is 10.9. The van der Waals surface area contributed by atoms with Crippen molar-refractivity contribution in [2.75, 3.05) is 5.73 Å². The Balaban J connectivity index is 1.92. The highest BCUT2D eigenvalue weighted by Gasteiger charge is 2.34. The third-order valence-corrected chi connectivity index (χ3v) is 4.05. The molecule has 23 heavy (non-hydrogen) atoms. The lowest BCUT2D eigenvalue weighted by atomic mass is 9.89. The Morgan fingerprint density at radius 2 is 2.17 bits per heavy atom. The predicted molar refractivity (Wildman–Crippen MR) is 89.4 cm³/mol. The van der Waals surface area contributed by atoms with Crippen LogP contribution < -0.4 is 15.8 Å². The highest BCUT2D eigenvalue weighted by Crippen LogP contribution is 2.40. The number of nitrogen functional groups attached to an aromatic ring is 1. The Labute approximate surface area is 135 Å². The number of carbonyl (C=O) groups is 1. The number of hydrogen-bond donors (Lipinski definition) is 2. The van der Waals surface area contributed by atoms with Crippen LogP contribution in [0.4, 0.5) is 5.69 Å². The van der Waals surface area contributed by atoms with E-state index in [1.165, 1.54) is 0 Å². The summed E-state index contributed by atoms with van der Waals surface area (Å²) < 4.78 is 6.00. The van der Waals surface area contributed by atoms with Crippen LogP contribution in [0, 0.1) is 6.92 Å². The second-order valence-electron chi connectivity index (χ2n) is 6.53. The number of aromatic nitrogens is 1. The molecule has 2 aromatic rings. The fourth-order valence-corrected chi connectivity index (χ4v) is 2.96. The van der Waals surface area contributed by atoms with E-state index in [1.54, 1.807) is 18.3 Å². The summed E-state index contributed by atoms with van der Waals surface area (Å²) in [6.45, 7) is 5.86. The number of aryl methyl sites for hydroxylation is 1. The molecule has 1 atom stereocenters. The lowest BCUT2D eigenvalue weighted by molar-refractivity contribution is 0.0620. The van der Waals surface area contributed by atoms with Crippen molar-refractivity contribution in [2.24, 2.45) is 0 Å². The smallest absolute Gasteiger partial charge is 0.253 e. The van der Waals surface area contributed by atoms with Gasteiger partial charge < -0.3 is 15.8 Å². The second-order valence-corrected chi connectivity index (χ2v) is 6.53. The van der Waals surface area contributed by atoms with Crippen molar-refractivity contribution >= 4 is 11.6 Å². The van der Waals surface area contributed by atoms with Crippen molar-refractivity contribution in [3.05, 3.63) is 53.3 Å². The average Bonchev–Trinajstić information content (AvgIpc) is 2.47. The number of nitrogens with zero attached hydrogens (tertiary/aromatic N) is 1. The maximum atomic E-state index is 12.6. The summed E-state index contributed by atoms with van der Waals surface area (Å²) in [5.41, 5.74) is 8.41. The zero-order valence-corrected chi connectivity index (χ0v) is 13.6. The van der Waals surface area contributed by atoms with Gasteiger partial charge in [0.15, 0.2) is 0 Å². The van der Waals surface area contributed by atoms with E-state index in [0.29, 0.717) is 23.4 Å². The fraction of sp³-hybridized carbons (Fsp3) is 0.333. The summed E-state index contributed by atoms with van der Waals surface area (Å²) in [5.74, 6) is 0.635. The molecule has 1 aliphatic rings. The zero-order chi connectivity index (χ0) is 16.6. The van der Waals surface area contributed by atoms with Crippen LogP contribution >= 0.6 is 0 Å². The molecule has 0 spiro atoms. The summed E-state index contributed by atoms with van der Waals surface area (Å²) in [6.07, 6.45) is 2.36. The van der Waals surface area contributed by atoms with Crippen molar-refractivity contribution in [3.63, 3.8) is 0 Å². The van der Waals surface area contributed by atoms with Crippen LogP contribution in [0.1, 0.15) is 47.9 Å². The number of hydrogen-bond acceptors (Lipinski definition) is 4. The summed E-state index contributed by atoms with van der Waals surface area (Å²) in [6, 6.07) is 8.93. The number of carbonyl (C=O) groups excluding carboxylic acids is 1. The Morgan fingerprint density at radius 3 is 2.91 bits per heavy atom. The molecule has 0 saturated heterocycles. The van der Waals surface area contributed by atoms with Crippen molar-refractivity contribution in [1.82, 2.24) is 10.3 Å². The molecule has 1 unspecified atom stereocenters. The Morgan fingerprint density at radius 1 is 1.39 bits per heavy atom. The molecule has 1 amide bonds. The predicted octanol–water partition coefficient (Wildman–Crippen LogP) is 3.00. The van der Waals surface area contributed by atoms with E-state index < -0.39 is 0 Å². The molecule has 0 saturated carbocycles. The van der Waals surface area contributed by atoms with Crippen LogP contribution in [-0.2, 0) is 0 Å². The number of rotatable bonds is 2. The van der Waals surface area contributed by atoms with Crippen LogP contribution in [0.5, 0.6) is 5.75 Å². The Hall–Kier alpha value is -2.56. The normalized spacial score (nSPS) is 18.7. The lowest BCUT2D eigenvalue weighted by Gasteiger charge is -2.38. The van der Waals surface area contributed by atoms with E-state index in [2.05, 4.69) is 10.3 Å². The third-order valence-electron chi connectivity index (χ3n) is 4.05. The van der Waals surface area contributed by atoms with Crippen molar-refractivity contribution in [1.29, 1.82) is 0 Å². The van der Waals surface area contributed by atoms with Gasteiger partial charge in [-0.3, -0.25) is 9.78 Å². The van der Waals surface area contributed by atoms with Gasteiger partial charge in [-0.15, -0.1) is 0 Å². The summed E-state index contributed by atoms with van der Waals surface area (Å²) in [5, 5.41) is 3.10. The van der Waals surface area contributed by atoms with E-state index in [-0.39, 0.29) is 17.6 Å². The zero-order valence-electron chi connectivity index (χ0n) is 13.6. The number of anilines is 1. The van der Waals surface area contributed by atoms with Crippen molar-refractivity contribution in [3.8, 4) is 5.75 Å². The van der Waals surface area contributed by atoms with Gasteiger partial charge in [0.25, 0.3) is 5.91 Å². The van der Waals surface area contributed by atoms with Crippen LogP contribution in [0.3, 0.4) is 0 Å². The van der Waals surface area contributed by atoms with Crippen LogP contribution in [0.15, 0.2) is 36.5 Å². The van der Waals surface area contributed by atoms with E-state index in [4.69, 9.17) is 10.5 Å². The van der Waals surface area contributed by atoms with Crippen LogP contribution in [-0.4, -0.2) is 16.5 Å². The minimum Gasteiger partial charge on any atom is -0.487 e. The molecule has 0 aliphatic carbocycles. The van der Waals surface area contributed by atoms with Gasteiger partial charge in [-0.05, 0) is 51.1 Å². The van der Waals surface area contributed by atoms with Gasteiger partial charge in [0.1, 0.15) is 11.4 Å². The largest absolute Gasteiger partial charge is 0.487 e. The fourth-order valence-electron chi connectivity index (χ4n) is 2.96. The molecule has 3 N–H and O–H groups in total. The Bertz CT molecular complexity index is 756. The molecule has 3 rings (SSSR count). The monoisotopic (exact) mass is 311 g/mol. The van der Waals surface area contributed by atoms with Crippen LogP contribution in [0.25, 0.3) is 0 Å². The van der Waals surface area contributed by atoms with Gasteiger partial charge in [0.05, 0.1) is 11.6 Å². The summed E-state index contributed by atoms with van der Waals surface area (Å²) in [4.78, 5) is 16.8. The molecule has 5 heteroatoms. The van der Waals surface area contributed by atoms with Crippen molar-refractivity contribution < 1.29 is 9.53 Å². The molecule has 1 aromatic heterocycles. The summed E-state index contributed by atoms with van der Waals surface area (Å²) >= 11 is 0. The molecule has 0 radical (unpaired) electrons. The summed E-state index contributed by atoms with van der Waals surface area (Å²) in [7, 11) is 0. The molecular formula is C18H21N3O2. The lowest BCUT2D eigenvalue weighted by Crippen LogP contribution is -2.41. The van der Waals surface area contributed by atoms with E-state index in [0.717, 1.165) is 11.3 Å². The highest BCUT2D eigenvalue weighted by molar-refractivity contribution is 5.95. The van der Waals surface area contributed by atoms with Gasteiger partial charge >= 0.3 is 0 Å². The second kappa shape index (κ2) is 5.57. The number of nitrogens with two attached hydrogens (primary N) is 1. The SMILES string of the molecule is Cc1ncccc1C(=O)NC1CC(C)(C)Oc2ccc(N)cc21. The van der Waals surface area contributed by atoms with Gasteiger partial charge in [-0.25, -0.2) is 0 Å². The maximum Gasteiger partial charge on any atom is 0.253 e. The topological polar surface area (TPSA) is 77.2 Å². The third kappa shape index (κ3) is 3.13. The van der Waals surface area contributed by atoms with Gasteiger partial charge in [-0.1, -0.05) is 0 Å². The number of pyridine rings is 1. The highest BCUT2D eigenvalue weighted by atomic mass is 16.5. The number of amides is 1. The molecule has 5 nitrogen and oxygen atoms in total. The number of benzene rings is 1. The number of ether oxygens (including phenoxy) is 1. The first-order valence-corrected chi connectivity index (χ1v) is 7.67. The first-order valence-electron chi connectivity index (χ1n) is 7.67. The maximum absolute atomic E-state index is 12.6. The van der Waals surface area contributed by atoms with Gasteiger partial charge in [-0.2, -0.15) is 0 Å². The minimum absolute atomic E-state index is 0.133. The molecule has 0 bridgehead atoms. The minimum atomic E-state index is -0.356. The van der Waals surface area contributed by atoms with Crippen molar-refractivity contribution in [2.45, 2.75) is 38.8 Å². The first kappa shape index (κ1) is 15.3.